The van der Waals surface area contributed by atoms with Gasteiger partial charge in [0.05, 0.1) is 13.2 Å². The van der Waals surface area contributed by atoms with Gasteiger partial charge in [0, 0.05) is 38.9 Å². The molecule has 2 N–H and O–H groups in total. The minimum absolute atomic E-state index is 0.787. The molecule has 2 rings (SSSR count). The molecular weight excluding hydrogens is 276 g/mol. The Bertz CT molecular complexity index is 452. The van der Waals surface area contributed by atoms with Crippen LogP contribution < -0.4 is 15.5 Å². The molecule has 1 aromatic carbocycles. The summed E-state index contributed by atoms with van der Waals surface area (Å²) in [6.07, 6.45) is 2.35. The van der Waals surface area contributed by atoms with Gasteiger partial charge in [-0.15, -0.1) is 0 Å². The molecule has 0 aliphatic carbocycles. The van der Waals surface area contributed by atoms with Crippen molar-refractivity contribution in [2.75, 3.05) is 44.8 Å². The van der Waals surface area contributed by atoms with Gasteiger partial charge >= 0.3 is 0 Å². The van der Waals surface area contributed by atoms with Crippen molar-refractivity contribution in [1.29, 1.82) is 0 Å². The van der Waals surface area contributed by atoms with Crippen LogP contribution in [0, 0.1) is 0 Å². The standard InChI is InChI=1S/C17H28N4O/c1-3-4-9-19-17(18-2)20-14-15-5-7-16(8-6-15)21-10-12-22-13-11-21/h5-8H,3-4,9-14H2,1-2H3,(H2,18,19,20). The average Bonchev–Trinajstić information content (AvgIpc) is 2.59. The largest absolute Gasteiger partial charge is 0.378 e. The molecule has 1 aliphatic heterocycles. The number of guanidine groups is 1. The minimum Gasteiger partial charge on any atom is -0.378 e. The molecule has 122 valence electrons. The molecule has 1 aliphatic rings. The summed E-state index contributed by atoms with van der Waals surface area (Å²) in [4.78, 5) is 6.61. The summed E-state index contributed by atoms with van der Waals surface area (Å²) in [7, 11) is 1.81. The SMILES string of the molecule is CCCCNC(=NC)NCc1ccc(N2CCOCC2)cc1. The number of hydrogen-bond donors (Lipinski definition) is 2. The highest BCUT2D eigenvalue weighted by Gasteiger charge is 2.10. The fourth-order valence-electron chi connectivity index (χ4n) is 2.44. The zero-order valence-corrected chi connectivity index (χ0v) is 13.8. The van der Waals surface area contributed by atoms with Gasteiger partial charge in [0.15, 0.2) is 5.96 Å². The van der Waals surface area contributed by atoms with Crippen LogP contribution in [0.4, 0.5) is 5.69 Å². The lowest BCUT2D eigenvalue weighted by Crippen LogP contribution is -2.37. The van der Waals surface area contributed by atoms with Crippen LogP contribution in [0.2, 0.25) is 0 Å². The van der Waals surface area contributed by atoms with Crippen LogP contribution >= 0.6 is 0 Å². The summed E-state index contributed by atoms with van der Waals surface area (Å²) >= 11 is 0. The summed E-state index contributed by atoms with van der Waals surface area (Å²) in [5.41, 5.74) is 2.54. The summed E-state index contributed by atoms with van der Waals surface area (Å²) in [5, 5.41) is 6.67. The first-order chi connectivity index (χ1) is 10.8. The number of aliphatic imine (C=N–C) groups is 1. The Balaban J connectivity index is 1.80. The third-order valence-corrected chi connectivity index (χ3v) is 3.82. The monoisotopic (exact) mass is 304 g/mol. The Morgan fingerprint density at radius 1 is 1.18 bits per heavy atom. The molecule has 0 saturated carbocycles. The Labute approximate surface area is 133 Å². The molecule has 0 bridgehead atoms. The van der Waals surface area contributed by atoms with Crippen molar-refractivity contribution in [3.8, 4) is 0 Å². The third-order valence-electron chi connectivity index (χ3n) is 3.82. The number of nitrogens with one attached hydrogen (secondary N) is 2. The van der Waals surface area contributed by atoms with Crippen LogP contribution in [0.3, 0.4) is 0 Å². The number of unbranched alkanes of at least 4 members (excludes halogenated alkanes) is 1. The van der Waals surface area contributed by atoms with E-state index in [1.54, 1.807) is 0 Å². The van der Waals surface area contributed by atoms with E-state index in [0.29, 0.717) is 0 Å². The van der Waals surface area contributed by atoms with E-state index in [2.05, 4.69) is 51.7 Å². The molecule has 0 spiro atoms. The first kappa shape index (κ1) is 16.6. The number of morpholine rings is 1. The summed E-state index contributed by atoms with van der Waals surface area (Å²) in [5.74, 6) is 0.866. The minimum atomic E-state index is 0.787. The van der Waals surface area contributed by atoms with Crippen molar-refractivity contribution < 1.29 is 4.74 Å². The Morgan fingerprint density at radius 2 is 1.91 bits per heavy atom. The van der Waals surface area contributed by atoms with E-state index in [1.165, 1.54) is 17.7 Å². The van der Waals surface area contributed by atoms with E-state index in [1.807, 2.05) is 7.05 Å². The van der Waals surface area contributed by atoms with E-state index >= 15 is 0 Å². The molecule has 22 heavy (non-hydrogen) atoms. The lowest BCUT2D eigenvalue weighted by Gasteiger charge is -2.28. The molecule has 0 unspecified atom stereocenters. The zero-order chi connectivity index (χ0) is 15.6. The topological polar surface area (TPSA) is 48.9 Å². The fraction of sp³-hybridized carbons (Fsp3) is 0.588. The van der Waals surface area contributed by atoms with E-state index < -0.39 is 0 Å². The predicted octanol–water partition coefficient (Wildman–Crippen LogP) is 1.99. The van der Waals surface area contributed by atoms with E-state index in [0.717, 1.165) is 51.8 Å². The van der Waals surface area contributed by atoms with Crippen LogP contribution in [-0.4, -0.2) is 45.9 Å². The van der Waals surface area contributed by atoms with Gasteiger partial charge in [-0.3, -0.25) is 4.99 Å². The van der Waals surface area contributed by atoms with Crippen LogP contribution in [-0.2, 0) is 11.3 Å². The van der Waals surface area contributed by atoms with Crippen molar-refractivity contribution in [2.24, 2.45) is 4.99 Å². The Kier molecular flexibility index (Phi) is 7.03. The lowest BCUT2D eigenvalue weighted by atomic mass is 10.2. The number of ether oxygens (including phenoxy) is 1. The maximum absolute atomic E-state index is 5.39. The molecule has 1 saturated heterocycles. The first-order valence-corrected chi connectivity index (χ1v) is 8.19. The highest BCUT2D eigenvalue weighted by molar-refractivity contribution is 5.79. The second-order valence-electron chi connectivity index (χ2n) is 5.47. The van der Waals surface area contributed by atoms with Crippen LogP contribution in [0.25, 0.3) is 0 Å². The summed E-state index contributed by atoms with van der Waals surface area (Å²) in [6, 6.07) is 8.74. The first-order valence-electron chi connectivity index (χ1n) is 8.19. The van der Waals surface area contributed by atoms with Crippen LogP contribution in [0.1, 0.15) is 25.3 Å². The molecule has 5 nitrogen and oxygen atoms in total. The van der Waals surface area contributed by atoms with Crippen molar-refractivity contribution in [1.82, 2.24) is 10.6 Å². The number of nitrogens with zero attached hydrogens (tertiary/aromatic N) is 2. The Morgan fingerprint density at radius 3 is 2.55 bits per heavy atom. The maximum atomic E-state index is 5.39. The van der Waals surface area contributed by atoms with E-state index in [-0.39, 0.29) is 0 Å². The molecular formula is C17H28N4O. The number of benzene rings is 1. The number of rotatable bonds is 6. The van der Waals surface area contributed by atoms with Gasteiger partial charge in [-0.25, -0.2) is 0 Å². The average molecular weight is 304 g/mol. The van der Waals surface area contributed by atoms with Crippen LogP contribution in [0.15, 0.2) is 29.3 Å². The molecule has 0 amide bonds. The smallest absolute Gasteiger partial charge is 0.191 e. The highest BCUT2D eigenvalue weighted by atomic mass is 16.5. The van der Waals surface area contributed by atoms with E-state index in [4.69, 9.17) is 4.74 Å². The van der Waals surface area contributed by atoms with Gasteiger partial charge in [0.25, 0.3) is 0 Å². The van der Waals surface area contributed by atoms with Crippen molar-refractivity contribution in [3.63, 3.8) is 0 Å². The normalized spacial score (nSPS) is 15.7. The van der Waals surface area contributed by atoms with Gasteiger partial charge in [0.1, 0.15) is 0 Å². The van der Waals surface area contributed by atoms with Crippen molar-refractivity contribution in [3.05, 3.63) is 29.8 Å². The van der Waals surface area contributed by atoms with Gasteiger partial charge in [-0.2, -0.15) is 0 Å². The molecule has 0 atom stereocenters. The van der Waals surface area contributed by atoms with Crippen molar-refractivity contribution in [2.45, 2.75) is 26.3 Å². The summed E-state index contributed by atoms with van der Waals surface area (Å²) in [6.45, 7) is 7.54. The molecule has 1 aromatic rings. The quantitative estimate of drug-likeness (QED) is 0.479. The molecule has 5 heteroatoms. The molecule has 0 radical (unpaired) electrons. The summed E-state index contributed by atoms with van der Waals surface area (Å²) < 4.78 is 5.39. The second-order valence-corrected chi connectivity index (χ2v) is 5.47. The number of hydrogen-bond acceptors (Lipinski definition) is 3. The van der Waals surface area contributed by atoms with Gasteiger partial charge in [0.2, 0.25) is 0 Å². The number of anilines is 1. The van der Waals surface area contributed by atoms with Crippen LogP contribution in [0.5, 0.6) is 0 Å². The zero-order valence-electron chi connectivity index (χ0n) is 13.8. The van der Waals surface area contributed by atoms with Gasteiger partial charge in [-0.1, -0.05) is 25.5 Å². The Hall–Kier alpha value is -1.75. The van der Waals surface area contributed by atoms with Gasteiger partial charge < -0.3 is 20.3 Å². The fourth-order valence-corrected chi connectivity index (χ4v) is 2.44. The highest BCUT2D eigenvalue weighted by Crippen LogP contribution is 2.16. The van der Waals surface area contributed by atoms with Gasteiger partial charge in [-0.05, 0) is 24.1 Å². The molecule has 1 heterocycles. The molecule has 1 fully saturated rings. The predicted molar refractivity (Wildman–Crippen MR) is 92.6 cm³/mol. The third kappa shape index (κ3) is 5.22. The van der Waals surface area contributed by atoms with E-state index in [9.17, 15) is 0 Å². The molecule has 0 aromatic heterocycles. The van der Waals surface area contributed by atoms with Crippen molar-refractivity contribution >= 4 is 11.6 Å². The maximum Gasteiger partial charge on any atom is 0.191 e. The lowest BCUT2D eigenvalue weighted by molar-refractivity contribution is 0.122. The second kappa shape index (κ2) is 9.30.